The van der Waals surface area contributed by atoms with Crippen LogP contribution >= 0.6 is 0 Å². The van der Waals surface area contributed by atoms with Crippen LogP contribution in [0, 0.1) is 22.7 Å². The molecule has 1 heterocycles. The summed E-state index contributed by atoms with van der Waals surface area (Å²) >= 11 is 0. The van der Waals surface area contributed by atoms with E-state index >= 15 is 0 Å². The van der Waals surface area contributed by atoms with Crippen LogP contribution in [-0.2, 0) is 0 Å². The van der Waals surface area contributed by atoms with Crippen LogP contribution in [0.5, 0.6) is 0 Å². The van der Waals surface area contributed by atoms with Gasteiger partial charge in [0.15, 0.2) is 0 Å². The minimum Gasteiger partial charge on any atom is -0.311 e. The average molecular weight is 266 g/mol. The third kappa shape index (κ3) is 2.35. The van der Waals surface area contributed by atoms with E-state index in [1.165, 1.54) is 6.54 Å². The van der Waals surface area contributed by atoms with Gasteiger partial charge in [-0.25, -0.2) is 0 Å². The van der Waals surface area contributed by atoms with E-state index in [-0.39, 0.29) is 0 Å². The molecule has 0 aromatic heterocycles. The predicted molar refractivity (Wildman–Crippen MR) is 83.3 cm³/mol. The van der Waals surface area contributed by atoms with E-state index < -0.39 is 0 Å². The van der Waals surface area contributed by atoms with E-state index in [2.05, 4.69) is 65.6 Å². The summed E-state index contributed by atoms with van der Waals surface area (Å²) in [7, 11) is 0. The van der Waals surface area contributed by atoms with Gasteiger partial charge < -0.3 is 5.32 Å². The van der Waals surface area contributed by atoms with Crippen LogP contribution in [0.4, 0.5) is 0 Å². The molecule has 2 fully saturated rings. The monoisotopic (exact) mass is 266 g/mol. The molecule has 0 spiro atoms. The first-order valence-electron chi connectivity index (χ1n) is 8.09. The Morgan fingerprint density at radius 2 is 1.47 bits per heavy atom. The maximum Gasteiger partial charge on any atom is 0.0247 e. The van der Waals surface area contributed by atoms with E-state index in [9.17, 15) is 0 Å². The van der Waals surface area contributed by atoms with Gasteiger partial charge in [-0.05, 0) is 22.7 Å². The Bertz CT molecular complexity index is 316. The number of nitrogens with zero attached hydrogens (tertiary/aromatic N) is 1. The first-order chi connectivity index (χ1) is 8.60. The van der Waals surface area contributed by atoms with Crippen molar-refractivity contribution in [1.82, 2.24) is 10.2 Å². The molecule has 2 atom stereocenters. The topological polar surface area (TPSA) is 15.3 Å². The van der Waals surface area contributed by atoms with E-state index in [1.54, 1.807) is 0 Å². The lowest BCUT2D eigenvalue weighted by molar-refractivity contribution is 0.0614. The molecule has 2 unspecified atom stereocenters. The van der Waals surface area contributed by atoms with Gasteiger partial charge >= 0.3 is 0 Å². The number of hydrogen-bond donors (Lipinski definition) is 1. The molecule has 112 valence electrons. The zero-order valence-corrected chi connectivity index (χ0v) is 14.2. The number of nitrogens with one attached hydrogen (secondary N) is 1. The second-order valence-electron chi connectivity index (χ2n) is 8.61. The maximum atomic E-state index is 3.78. The average Bonchev–Trinajstić information content (AvgIpc) is 2.68. The smallest absolute Gasteiger partial charge is 0.0247 e. The van der Waals surface area contributed by atoms with E-state index in [4.69, 9.17) is 0 Å². The highest BCUT2D eigenvalue weighted by Crippen LogP contribution is 2.65. The molecular formula is C17H34N2. The lowest BCUT2D eigenvalue weighted by Gasteiger charge is -2.45. The molecule has 0 bridgehead atoms. The second kappa shape index (κ2) is 4.73. The highest BCUT2D eigenvalue weighted by molar-refractivity contribution is 5.20. The summed E-state index contributed by atoms with van der Waals surface area (Å²) in [5, 5.41) is 3.78. The molecule has 0 amide bonds. The summed E-state index contributed by atoms with van der Waals surface area (Å²) in [6.07, 6.45) is 0. The van der Waals surface area contributed by atoms with Crippen molar-refractivity contribution >= 4 is 0 Å². The van der Waals surface area contributed by atoms with Crippen molar-refractivity contribution in [1.29, 1.82) is 0 Å². The van der Waals surface area contributed by atoms with Crippen molar-refractivity contribution in [2.75, 3.05) is 13.1 Å². The molecule has 0 radical (unpaired) electrons. The van der Waals surface area contributed by atoms with Crippen molar-refractivity contribution in [3.63, 3.8) is 0 Å². The molecular weight excluding hydrogens is 232 g/mol. The zero-order chi connectivity index (χ0) is 14.6. The SMILES string of the molecule is CC(C)C1CN(C2C(C)(C)C2(C)C)C(C(C)C)CN1. The van der Waals surface area contributed by atoms with Crippen molar-refractivity contribution in [3.05, 3.63) is 0 Å². The van der Waals surface area contributed by atoms with E-state index in [1.807, 2.05) is 0 Å². The molecule has 1 saturated carbocycles. The molecule has 1 aliphatic heterocycles. The van der Waals surface area contributed by atoms with Crippen molar-refractivity contribution in [3.8, 4) is 0 Å². The Hall–Kier alpha value is -0.0800. The maximum absolute atomic E-state index is 3.78. The summed E-state index contributed by atoms with van der Waals surface area (Å²) in [5.41, 5.74) is 0.915. The van der Waals surface area contributed by atoms with Crippen LogP contribution in [0.3, 0.4) is 0 Å². The Morgan fingerprint density at radius 3 is 1.84 bits per heavy atom. The third-order valence-corrected chi connectivity index (χ3v) is 6.27. The first kappa shape index (κ1) is 15.3. The number of hydrogen-bond acceptors (Lipinski definition) is 2. The fraction of sp³-hybridized carbons (Fsp3) is 1.00. The minimum absolute atomic E-state index is 0.457. The fourth-order valence-corrected chi connectivity index (χ4v) is 4.17. The van der Waals surface area contributed by atoms with Gasteiger partial charge in [0.05, 0.1) is 0 Å². The molecule has 1 N–H and O–H groups in total. The molecule has 2 nitrogen and oxygen atoms in total. The Morgan fingerprint density at radius 1 is 0.947 bits per heavy atom. The largest absolute Gasteiger partial charge is 0.311 e. The van der Waals surface area contributed by atoms with E-state index in [0.717, 1.165) is 24.4 Å². The molecule has 19 heavy (non-hydrogen) atoms. The number of rotatable bonds is 3. The van der Waals surface area contributed by atoms with Crippen LogP contribution in [0.15, 0.2) is 0 Å². The lowest BCUT2D eigenvalue weighted by atomic mass is 9.93. The van der Waals surface area contributed by atoms with Crippen molar-refractivity contribution < 1.29 is 0 Å². The molecule has 2 heteroatoms. The Kier molecular flexibility index (Phi) is 3.81. The van der Waals surface area contributed by atoms with Gasteiger partial charge in [0, 0.05) is 31.2 Å². The summed E-state index contributed by atoms with van der Waals surface area (Å²) in [6.45, 7) is 21.6. The van der Waals surface area contributed by atoms with Gasteiger partial charge in [0.1, 0.15) is 0 Å². The first-order valence-corrected chi connectivity index (χ1v) is 8.09. The number of piperazine rings is 1. The third-order valence-electron chi connectivity index (χ3n) is 6.27. The normalized spacial score (nSPS) is 35.1. The highest BCUT2D eigenvalue weighted by atomic mass is 15.3. The van der Waals surface area contributed by atoms with Gasteiger partial charge in [0.25, 0.3) is 0 Å². The van der Waals surface area contributed by atoms with Crippen LogP contribution < -0.4 is 5.32 Å². The zero-order valence-electron chi connectivity index (χ0n) is 14.2. The predicted octanol–water partition coefficient (Wildman–Crippen LogP) is 3.38. The van der Waals surface area contributed by atoms with Gasteiger partial charge in [-0.15, -0.1) is 0 Å². The Balaban J connectivity index is 2.18. The summed E-state index contributed by atoms with van der Waals surface area (Å²) in [5.74, 6) is 1.45. The summed E-state index contributed by atoms with van der Waals surface area (Å²) in [6, 6.07) is 2.10. The van der Waals surface area contributed by atoms with Gasteiger partial charge in [0.2, 0.25) is 0 Å². The summed E-state index contributed by atoms with van der Waals surface area (Å²) in [4.78, 5) is 2.84. The highest BCUT2D eigenvalue weighted by Gasteiger charge is 2.68. The fourth-order valence-electron chi connectivity index (χ4n) is 4.17. The Labute approximate surface area is 120 Å². The molecule has 2 rings (SSSR count). The molecule has 0 aromatic rings. The molecule has 0 aromatic carbocycles. The van der Waals surface area contributed by atoms with Crippen LogP contribution in [-0.4, -0.2) is 36.1 Å². The molecule has 1 aliphatic carbocycles. The van der Waals surface area contributed by atoms with Gasteiger partial charge in [-0.1, -0.05) is 55.4 Å². The van der Waals surface area contributed by atoms with Crippen molar-refractivity contribution in [2.24, 2.45) is 22.7 Å². The lowest BCUT2D eigenvalue weighted by Crippen LogP contribution is -2.61. The molecule has 1 saturated heterocycles. The van der Waals surface area contributed by atoms with Crippen LogP contribution in [0.2, 0.25) is 0 Å². The van der Waals surface area contributed by atoms with Crippen LogP contribution in [0.25, 0.3) is 0 Å². The van der Waals surface area contributed by atoms with Crippen LogP contribution in [0.1, 0.15) is 55.4 Å². The van der Waals surface area contributed by atoms with E-state index in [0.29, 0.717) is 22.9 Å². The summed E-state index contributed by atoms with van der Waals surface area (Å²) < 4.78 is 0. The standard InChI is InChI=1S/C17H34N2/c1-11(2)13-10-19(14(9-18-13)12(3)4)15-16(5,6)17(15,7)8/h11-15,18H,9-10H2,1-8H3. The molecule has 2 aliphatic rings. The minimum atomic E-state index is 0.457. The van der Waals surface area contributed by atoms with Crippen molar-refractivity contribution in [2.45, 2.75) is 73.5 Å². The quantitative estimate of drug-likeness (QED) is 0.842. The van der Waals surface area contributed by atoms with Gasteiger partial charge in [-0.3, -0.25) is 4.90 Å². The second-order valence-corrected chi connectivity index (χ2v) is 8.61. The van der Waals surface area contributed by atoms with Gasteiger partial charge in [-0.2, -0.15) is 0 Å².